The van der Waals surface area contributed by atoms with Crippen molar-refractivity contribution in [3.8, 4) is 0 Å². The Hall–Kier alpha value is -1.25. The minimum atomic E-state index is -0.0938. The first kappa shape index (κ1) is 9.84. The molecule has 0 radical (unpaired) electrons. The Kier molecular flexibility index (Phi) is 2.76. The Morgan fingerprint density at radius 2 is 2.00 bits per heavy atom. The van der Waals surface area contributed by atoms with Gasteiger partial charge in [-0.2, -0.15) is 0 Å². The molecule has 0 aliphatic heterocycles. The molecule has 0 bridgehead atoms. The van der Waals surface area contributed by atoms with Gasteiger partial charge in [-0.15, -0.1) is 0 Å². The summed E-state index contributed by atoms with van der Waals surface area (Å²) >= 11 is 0. The summed E-state index contributed by atoms with van der Waals surface area (Å²) in [4.78, 5) is 11.6. The molecule has 2 N–H and O–H groups in total. The Morgan fingerprint density at radius 3 is 2.54 bits per heavy atom. The highest BCUT2D eigenvalue weighted by Crippen LogP contribution is 2.14. The minimum absolute atomic E-state index is 0.0938. The van der Waals surface area contributed by atoms with Crippen molar-refractivity contribution in [3.63, 3.8) is 0 Å². The predicted octanol–water partition coefficient (Wildman–Crippen LogP) is 1.65. The van der Waals surface area contributed by atoms with Crippen molar-refractivity contribution < 1.29 is 0 Å². The van der Waals surface area contributed by atoms with Crippen LogP contribution >= 0.6 is 0 Å². The number of nitrogens with zero attached hydrogens (tertiary/aromatic N) is 1. The third-order valence-corrected chi connectivity index (χ3v) is 2.41. The van der Waals surface area contributed by atoms with Gasteiger partial charge in [-0.05, 0) is 25.0 Å². The fourth-order valence-corrected chi connectivity index (χ4v) is 1.17. The molecule has 0 fully saturated rings. The molecule has 1 unspecified atom stereocenters. The van der Waals surface area contributed by atoms with Crippen molar-refractivity contribution in [1.82, 2.24) is 4.57 Å². The number of hydrogen-bond acceptors (Lipinski definition) is 2. The summed E-state index contributed by atoms with van der Waals surface area (Å²) < 4.78 is 1.68. The first-order valence-electron chi connectivity index (χ1n) is 4.50. The average molecular weight is 180 g/mol. The molecule has 0 aromatic carbocycles. The van der Waals surface area contributed by atoms with E-state index in [1.165, 1.54) is 0 Å². The van der Waals surface area contributed by atoms with Crippen LogP contribution in [0.5, 0.6) is 0 Å². The summed E-state index contributed by atoms with van der Waals surface area (Å²) in [7, 11) is 0. The standard InChI is InChI=1S/C10H16N2O/c1-7(2)8(3)12-6-4-5-9(11)10(12)13/h4-8H,11H2,1-3H3. The molecule has 0 spiro atoms. The van der Waals surface area contributed by atoms with Crippen molar-refractivity contribution in [2.75, 3.05) is 5.73 Å². The Labute approximate surface area is 78.2 Å². The molecule has 1 aromatic rings. The molecule has 1 aromatic heterocycles. The van der Waals surface area contributed by atoms with Crippen LogP contribution in [0.25, 0.3) is 0 Å². The number of aromatic nitrogens is 1. The highest BCUT2D eigenvalue weighted by Gasteiger charge is 2.10. The zero-order chi connectivity index (χ0) is 10.0. The monoisotopic (exact) mass is 180 g/mol. The second-order valence-corrected chi connectivity index (χ2v) is 3.66. The summed E-state index contributed by atoms with van der Waals surface area (Å²) in [5.74, 6) is 0.430. The Balaban J connectivity index is 3.16. The molecule has 1 atom stereocenters. The van der Waals surface area contributed by atoms with E-state index in [2.05, 4.69) is 13.8 Å². The number of rotatable bonds is 2. The average Bonchev–Trinajstić information content (AvgIpc) is 2.08. The van der Waals surface area contributed by atoms with E-state index in [0.29, 0.717) is 11.6 Å². The van der Waals surface area contributed by atoms with Crippen LogP contribution in [0.3, 0.4) is 0 Å². The zero-order valence-corrected chi connectivity index (χ0v) is 8.32. The molecule has 0 aliphatic carbocycles. The quantitative estimate of drug-likeness (QED) is 0.752. The molecule has 13 heavy (non-hydrogen) atoms. The van der Waals surface area contributed by atoms with Crippen LogP contribution in [0.4, 0.5) is 5.69 Å². The van der Waals surface area contributed by atoms with Gasteiger partial charge in [0.25, 0.3) is 5.56 Å². The first-order valence-corrected chi connectivity index (χ1v) is 4.50. The molecule has 0 saturated carbocycles. The highest BCUT2D eigenvalue weighted by atomic mass is 16.1. The van der Waals surface area contributed by atoms with Gasteiger partial charge in [0.05, 0.1) is 5.69 Å². The highest BCUT2D eigenvalue weighted by molar-refractivity contribution is 5.33. The van der Waals surface area contributed by atoms with E-state index >= 15 is 0 Å². The second kappa shape index (κ2) is 3.64. The summed E-state index contributed by atoms with van der Waals surface area (Å²) in [6.45, 7) is 6.19. The van der Waals surface area contributed by atoms with Gasteiger partial charge >= 0.3 is 0 Å². The van der Waals surface area contributed by atoms with Crippen molar-refractivity contribution in [2.24, 2.45) is 5.92 Å². The van der Waals surface area contributed by atoms with E-state index in [1.807, 2.05) is 6.92 Å². The van der Waals surface area contributed by atoms with Gasteiger partial charge in [-0.1, -0.05) is 13.8 Å². The van der Waals surface area contributed by atoms with Crippen LogP contribution in [0.15, 0.2) is 23.1 Å². The Morgan fingerprint density at radius 1 is 1.38 bits per heavy atom. The third kappa shape index (κ3) is 1.91. The maximum atomic E-state index is 11.6. The summed E-state index contributed by atoms with van der Waals surface area (Å²) in [6.07, 6.45) is 1.78. The lowest BCUT2D eigenvalue weighted by atomic mass is 10.1. The van der Waals surface area contributed by atoms with E-state index in [0.717, 1.165) is 0 Å². The van der Waals surface area contributed by atoms with Crippen molar-refractivity contribution in [1.29, 1.82) is 0 Å². The first-order chi connectivity index (χ1) is 6.04. The number of hydrogen-bond donors (Lipinski definition) is 1. The van der Waals surface area contributed by atoms with E-state index in [9.17, 15) is 4.79 Å². The van der Waals surface area contributed by atoms with Gasteiger partial charge in [-0.25, -0.2) is 0 Å². The van der Waals surface area contributed by atoms with Crippen LogP contribution < -0.4 is 11.3 Å². The summed E-state index contributed by atoms with van der Waals surface area (Å²) in [5, 5.41) is 0. The molecular weight excluding hydrogens is 164 g/mol. The number of nitrogens with two attached hydrogens (primary N) is 1. The molecule has 72 valence electrons. The van der Waals surface area contributed by atoms with Gasteiger partial charge in [0, 0.05) is 12.2 Å². The largest absolute Gasteiger partial charge is 0.394 e. The smallest absolute Gasteiger partial charge is 0.273 e. The van der Waals surface area contributed by atoms with Gasteiger partial charge < -0.3 is 10.3 Å². The molecule has 0 amide bonds. The molecule has 0 aliphatic rings. The van der Waals surface area contributed by atoms with Crippen molar-refractivity contribution in [2.45, 2.75) is 26.8 Å². The van der Waals surface area contributed by atoms with Crippen LogP contribution in [0, 0.1) is 5.92 Å². The van der Waals surface area contributed by atoms with Crippen LogP contribution in [0.2, 0.25) is 0 Å². The summed E-state index contributed by atoms with van der Waals surface area (Å²) in [6, 6.07) is 3.62. The second-order valence-electron chi connectivity index (χ2n) is 3.66. The zero-order valence-electron chi connectivity index (χ0n) is 8.32. The molecule has 3 heteroatoms. The van der Waals surface area contributed by atoms with Crippen LogP contribution in [0.1, 0.15) is 26.8 Å². The maximum Gasteiger partial charge on any atom is 0.273 e. The third-order valence-electron chi connectivity index (χ3n) is 2.41. The molecule has 1 heterocycles. The molecule has 1 rings (SSSR count). The maximum absolute atomic E-state index is 11.6. The van der Waals surface area contributed by atoms with Crippen molar-refractivity contribution >= 4 is 5.69 Å². The molecule has 0 saturated heterocycles. The van der Waals surface area contributed by atoms with E-state index < -0.39 is 0 Å². The van der Waals surface area contributed by atoms with Gasteiger partial charge in [0.15, 0.2) is 0 Å². The summed E-state index contributed by atoms with van der Waals surface area (Å²) in [5.41, 5.74) is 5.75. The predicted molar refractivity (Wildman–Crippen MR) is 54.7 cm³/mol. The number of pyridine rings is 1. The Bertz CT molecular complexity index is 341. The lowest BCUT2D eigenvalue weighted by molar-refractivity contribution is 0.399. The fourth-order valence-electron chi connectivity index (χ4n) is 1.17. The van der Waals surface area contributed by atoms with Gasteiger partial charge in [0.2, 0.25) is 0 Å². The van der Waals surface area contributed by atoms with E-state index in [1.54, 1.807) is 22.9 Å². The lowest BCUT2D eigenvalue weighted by Gasteiger charge is -2.18. The molecule has 3 nitrogen and oxygen atoms in total. The normalized spacial score (nSPS) is 13.2. The van der Waals surface area contributed by atoms with Crippen LogP contribution in [-0.4, -0.2) is 4.57 Å². The molecular formula is C10H16N2O. The number of anilines is 1. The minimum Gasteiger partial charge on any atom is -0.394 e. The lowest BCUT2D eigenvalue weighted by Crippen LogP contribution is -2.27. The van der Waals surface area contributed by atoms with Gasteiger partial charge in [0.1, 0.15) is 0 Å². The fraction of sp³-hybridized carbons (Fsp3) is 0.500. The number of nitrogen functional groups attached to an aromatic ring is 1. The van der Waals surface area contributed by atoms with Crippen molar-refractivity contribution in [3.05, 3.63) is 28.7 Å². The van der Waals surface area contributed by atoms with Crippen LogP contribution in [-0.2, 0) is 0 Å². The topological polar surface area (TPSA) is 48.0 Å². The van der Waals surface area contributed by atoms with E-state index in [-0.39, 0.29) is 11.6 Å². The van der Waals surface area contributed by atoms with E-state index in [4.69, 9.17) is 5.73 Å². The van der Waals surface area contributed by atoms with Gasteiger partial charge in [-0.3, -0.25) is 4.79 Å². The SMILES string of the molecule is CC(C)C(C)n1cccc(N)c1=O.